The Bertz CT molecular complexity index is 820. The summed E-state index contributed by atoms with van der Waals surface area (Å²) in [5.74, 6) is 0.625. The average Bonchev–Trinajstić information content (AvgIpc) is 2.70. The van der Waals surface area contributed by atoms with Crippen LogP contribution in [0.2, 0.25) is 0 Å². The first kappa shape index (κ1) is 24.4. The summed E-state index contributed by atoms with van der Waals surface area (Å²) in [6.07, 6.45) is 7.22. The molecule has 3 rings (SSSR count). The molecule has 1 aromatic carbocycles. The van der Waals surface area contributed by atoms with E-state index in [0.717, 1.165) is 6.42 Å². The second kappa shape index (κ2) is 10.4. The van der Waals surface area contributed by atoms with Crippen LogP contribution in [-0.4, -0.2) is 52.2 Å². The van der Waals surface area contributed by atoms with Gasteiger partial charge in [0.05, 0.1) is 10.8 Å². The van der Waals surface area contributed by atoms with Gasteiger partial charge in [-0.2, -0.15) is 0 Å². The van der Waals surface area contributed by atoms with Gasteiger partial charge in [-0.15, -0.1) is 24.0 Å². The number of hydrogen-bond acceptors (Lipinski definition) is 4. The molecule has 1 aliphatic carbocycles. The van der Waals surface area contributed by atoms with E-state index in [9.17, 15) is 8.42 Å². The van der Waals surface area contributed by atoms with Crippen LogP contribution < -0.4 is 10.6 Å². The predicted octanol–water partition coefficient (Wildman–Crippen LogP) is 3.00. The first-order valence-electron chi connectivity index (χ1n) is 10.2. The lowest BCUT2D eigenvalue weighted by Gasteiger charge is -2.36. The van der Waals surface area contributed by atoms with Gasteiger partial charge in [-0.25, -0.2) is 8.42 Å². The third-order valence-corrected chi connectivity index (χ3v) is 8.34. The van der Waals surface area contributed by atoms with Crippen molar-refractivity contribution in [3.8, 4) is 0 Å². The summed E-state index contributed by atoms with van der Waals surface area (Å²) in [5.41, 5.74) is 4.16. The first-order valence-corrected chi connectivity index (χ1v) is 12.1. The Balaban J connectivity index is 0.00000300. The number of halogens is 1. The van der Waals surface area contributed by atoms with Crippen molar-refractivity contribution < 1.29 is 13.2 Å². The number of fused-ring (bicyclic) bond motifs is 1. The summed E-state index contributed by atoms with van der Waals surface area (Å²) < 4.78 is 29.5. The Morgan fingerprint density at radius 3 is 2.48 bits per heavy atom. The van der Waals surface area contributed by atoms with Crippen LogP contribution in [0, 0.1) is 0 Å². The lowest BCUT2D eigenvalue weighted by atomic mass is 9.89. The summed E-state index contributed by atoms with van der Waals surface area (Å²) in [6.45, 7) is 3.41. The Kier molecular flexibility index (Phi) is 8.78. The molecule has 0 saturated carbocycles. The van der Waals surface area contributed by atoms with Crippen LogP contribution >= 0.6 is 24.0 Å². The lowest BCUT2D eigenvalue weighted by molar-refractivity contribution is 0.0756. The summed E-state index contributed by atoms with van der Waals surface area (Å²) in [4.78, 5) is 4.31. The molecule has 1 atom stereocenters. The van der Waals surface area contributed by atoms with Crippen molar-refractivity contribution >= 4 is 39.8 Å². The topological polar surface area (TPSA) is 79.8 Å². The fraction of sp³-hybridized carbons (Fsp3) is 0.667. The van der Waals surface area contributed by atoms with Crippen LogP contribution in [0.1, 0.15) is 55.3 Å². The predicted molar refractivity (Wildman–Crippen MR) is 129 cm³/mol. The van der Waals surface area contributed by atoms with E-state index < -0.39 is 14.6 Å². The van der Waals surface area contributed by atoms with Gasteiger partial charge in [-0.05, 0) is 62.1 Å². The monoisotopic (exact) mass is 535 g/mol. The molecule has 8 heteroatoms. The SMILES string of the molecule is CN=C(NCC1(S(C)(=O)=O)CCOCC1)NC(C)c1ccc2c(c1)CCCC2.I. The van der Waals surface area contributed by atoms with Crippen LogP contribution in [0.3, 0.4) is 0 Å². The van der Waals surface area contributed by atoms with Crippen LogP contribution in [-0.2, 0) is 27.4 Å². The van der Waals surface area contributed by atoms with Crippen LogP contribution in [0.25, 0.3) is 0 Å². The Morgan fingerprint density at radius 2 is 1.86 bits per heavy atom. The number of hydrogen-bond donors (Lipinski definition) is 2. The maximum atomic E-state index is 12.4. The second-order valence-electron chi connectivity index (χ2n) is 8.09. The van der Waals surface area contributed by atoms with Gasteiger partial charge < -0.3 is 15.4 Å². The number of benzene rings is 1. The van der Waals surface area contributed by atoms with Gasteiger partial charge in [0, 0.05) is 33.1 Å². The van der Waals surface area contributed by atoms with Crippen molar-refractivity contribution in [3.05, 3.63) is 34.9 Å². The van der Waals surface area contributed by atoms with E-state index in [1.807, 2.05) is 0 Å². The molecule has 164 valence electrons. The minimum absolute atomic E-state index is 0. The fourth-order valence-corrected chi connectivity index (χ4v) is 5.42. The van der Waals surface area contributed by atoms with E-state index in [2.05, 4.69) is 40.7 Å². The van der Waals surface area contributed by atoms with Crippen molar-refractivity contribution in [2.24, 2.45) is 4.99 Å². The van der Waals surface area contributed by atoms with Crippen molar-refractivity contribution in [1.82, 2.24) is 10.6 Å². The molecule has 0 amide bonds. The third kappa shape index (κ3) is 5.85. The summed E-state index contributed by atoms with van der Waals surface area (Å²) in [5, 5.41) is 6.66. The zero-order valence-corrected chi connectivity index (χ0v) is 20.8. The first-order chi connectivity index (χ1) is 13.3. The molecule has 29 heavy (non-hydrogen) atoms. The maximum absolute atomic E-state index is 12.4. The second-order valence-corrected chi connectivity index (χ2v) is 10.5. The third-order valence-electron chi connectivity index (χ3n) is 6.22. The average molecular weight is 535 g/mol. The van der Waals surface area contributed by atoms with E-state index in [1.165, 1.54) is 42.2 Å². The quantitative estimate of drug-likeness (QED) is 0.345. The highest BCUT2D eigenvalue weighted by Crippen LogP contribution is 2.29. The van der Waals surface area contributed by atoms with Crippen LogP contribution in [0.4, 0.5) is 0 Å². The van der Waals surface area contributed by atoms with Gasteiger partial charge in [-0.3, -0.25) is 4.99 Å². The molecule has 1 aromatic rings. The zero-order valence-electron chi connectivity index (χ0n) is 17.7. The molecule has 2 aliphatic rings. The number of sulfone groups is 1. The Labute approximate surface area is 192 Å². The van der Waals surface area contributed by atoms with Gasteiger partial charge in [0.1, 0.15) is 0 Å². The number of aliphatic imine (C=N–C) groups is 1. The highest BCUT2D eigenvalue weighted by molar-refractivity contribution is 14.0. The number of nitrogens with one attached hydrogen (secondary N) is 2. The molecule has 1 unspecified atom stereocenters. The molecular weight excluding hydrogens is 501 g/mol. The normalized spacial score (nSPS) is 20.2. The number of aryl methyl sites for hydroxylation is 2. The van der Waals surface area contributed by atoms with Gasteiger partial charge in [-0.1, -0.05) is 18.2 Å². The molecule has 1 saturated heterocycles. The summed E-state index contributed by atoms with van der Waals surface area (Å²) >= 11 is 0. The van der Waals surface area contributed by atoms with Crippen LogP contribution in [0.15, 0.2) is 23.2 Å². The fourth-order valence-electron chi connectivity index (χ4n) is 4.17. The van der Waals surface area contributed by atoms with Crippen LogP contribution in [0.5, 0.6) is 0 Å². The molecule has 0 radical (unpaired) electrons. The highest BCUT2D eigenvalue weighted by Gasteiger charge is 2.42. The Morgan fingerprint density at radius 1 is 1.21 bits per heavy atom. The molecule has 1 heterocycles. The van der Waals surface area contributed by atoms with E-state index in [0.29, 0.717) is 38.6 Å². The minimum atomic E-state index is -3.21. The number of ether oxygens (including phenoxy) is 1. The van der Waals surface area contributed by atoms with E-state index >= 15 is 0 Å². The molecule has 0 bridgehead atoms. The lowest BCUT2D eigenvalue weighted by Crippen LogP contribution is -2.53. The molecule has 2 N–H and O–H groups in total. The summed E-state index contributed by atoms with van der Waals surface area (Å²) in [6, 6.07) is 6.82. The van der Waals surface area contributed by atoms with Gasteiger partial charge in [0.15, 0.2) is 15.8 Å². The smallest absolute Gasteiger partial charge is 0.191 e. The van der Waals surface area contributed by atoms with Gasteiger partial charge in [0.25, 0.3) is 0 Å². The van der Waals surface area contributed by atoms with Crippen molar-refractivity contribution in [3.63, 3.8) is 0 Å². The minimum Gasteiger partial charge on any atom is -0.381 e. The zero-order chi connectivity index (χ0) is 20.2. The van der Waals surface area contributed by atoms with Gasteiger partial charge in [0.2, 0.25) is 0 Å². The molecule has 1 fully saturated rings. The van der Waals surface area contributed by atoms with E-state index in [1.54, 1.807) is 7.05 Å². The summed E-state index contributed by atoms with van der Waals surface area (Å²) in [7, 11) is -1.49. The van der Waals surface area contributed by atoms with Crippen molar-refractivity contribution in [2.75, 3.05) is 33.1 Å². The number of guanidine groups is 1. The molecule has 6 nitrogen and oxygen atoms in total. The maximum Gasteiger partial charge on any atom is 0.191 e. The van der Waals surface area contributed by atoms with Crippen molar-refractivity contribution in [2.45, 2.75) is 56.2 Å². The number of nitrogens with zero attached hydrogens (tertiary/aromatic N) is 1. The van der Waals surface area contributed by atoms with Crippen molar-refractivity contribution in [1.29, 1.82) is 0 Å². The standard InChI is InChI=1S/C21H33N3O3S.HI/c1-16(18-9-8-17-6-4-5-7-19(17)14-18)24-20(22-2)23-15-21(28(3,25)26)10-12-27-13-11-21;/h8-9,14,16H,4-7,10-13,15H2,1-3H3,(H2,22,23,24);1H. The largest absolute Gasteiger partial charge is 0.381 e. The van der Waals surface area contributed by atoms with Gasteiger partial charge >= 0.3 is 0 Å². The number of rotatable bonds is 5. The molecular formula is C21H34IN3O3S. The Hall–Kier alpha value is -0.870. The molecule has 0 aromatic heterocycles. The van der Waals surface area contributed by atoms with E-state index in [-0.39, 0.29) is 30.0 Å². The highest BCUT2D eigenvalue weighted by atomic mass is 127. The molecule has 0 spiro atoms. The molecule has 1 aliphatic heterocycles. The van der Waals surface area contributed by atoms with E-state index in [4.69, 9.17) is 4.74 Å².